The van der Waals surface area contributed by atoms with Crippen LogP contribution in [0.4, 0.5) is 14.7 Å². The molecule has 2 atom stereocenters. The molecular formula is C17H26ClF2N5O2. The van der Waals surface area contributed by atoms with Crippen molar-refractivity contribution in [2.75, 3.05) is 31.1 Å². The van der Waals surface area contributed by atoms with Gasteiger partial charge in [0.1, 0.15) is 6.10 Å². The average molecular weight is 406 g/mol. The van der Waals surface area contributed by atoms with Crippen LogP contribution in [0.1, 0.15) is 38.2 Å². The number of amides is 1. The second-order valence-corrected chi connectivity index (χ2v) is 6.95. The predicted octanol–water partition coefficient (Wildman–Crippen LogP) is 1.77. The van der Waals surface area contributed by atoms with Gasteiger partial charge in [0.25, 0.3) is 12.3 Å². The maximum Gasteiger partial charge on any atom is 0.266 e. The van der Waals surface area contributed by atoms with Crippen LogP contribution in [0.25, 0.3) is 0 Å². The Kier molecular flexibility index (Phi) is 7.69. The standard InChI is InChI=1S/C17H25F2N5O2.ClH/c1-11(20)10-26-14-4-7-24(16(14)25)13-2-5-23(6-3-13)17-21-8-12(9-22-17)15(18)19;/h8-9,11,13-15H,2-7,10,20H2,1H3;1H. The fraction of sp³-hybridized carbons (Fsp3) is 0.706. The molecule has 10 heteroatoms. The van der Waals surface area contributed by atoms with Crippen LogP contribution in [0.3, 0.4) is 0 Å². The number of anilines is 1. The first-order valence-electron chi connectivity index (χ1n) is 8.98. The monoisotopic (exact) mass is 405 g/mol. The lowest BCUT2D eigenvalue weighted by atomic mass is 10.0. The van der Waals surface area contributed by atoms with Crippen molar-refractivity contribution in [1.29, 1.82) is 0 Å². The van der Waals surface area contributed by atoms with E-state index in [1.165, 1.54) is 12.4 Å². The van der Waals surface area contributed by atoms with E-state index in [2.05, 4.69) is 9.97 Å². The molecule has 2 fully saturated rings. The molecule has 1 aromatic heterocycles. The van der Waals surface area contributed by atoms with Gasteiger partial charge in [-0.3, -0.25) is 4.79 Å². The number of hydrogen-bond donors (Lipinski definition) is 1. The van der Waals surface area contributed by atoms with Crippen LogP contribution in [0.5, 0.6) is 0 Å². The fourth-order valence-electron chi connectivity index (χ4n) is 3.44. The van der Waals surface area contributed by atoms with Gasteiger partial charge in [-0.25, -0.2) is 18.7 Å². The topological polar surface area (TPSA) is 84.6 Å². The molecule has 1 amide bonds. The van der Waals surface area contributed by atoms with Gasteiger partial charge in [0.05, 0.1) is 12.2 Å². The first-order chi connectivity index (χ1) is 12.5. The third kappa shape index (κ3) is 5.24. The summed E-state index contributed by atoms with van der Waals surface area (Å²) in [5.74, 6) is 0.500. The molecule has 2 aliphatic heterocycles. The first-order valence-corrected chi connectivity index (χ1v) is 8.98. The summed E-state index contributed by atoms with van der Waals surface area (Å²) in [7, 11) is 0. The number of alkyl halides is 2. The number of piperidine rings is 1. The molecule has 0 bridgehead atoms. The number of hydrogen-bond acceptors (Lipinski definition) is 6. The van der Waals surface area contributed by atoms with E-state index in [0.29, 0.717) is 38.6 Å². The molecule has 0 saturated carbocycles. The van der Waals surface area contributed by atoms with Gasteiger partial charge < -0.3 is 20.3 Å². The van der Waals surface area contributed by atoms with Gasteiger partial charge >= 0.3 is 0 Å². The van der Waals surface area contributed by atoms with E-state index in [0.717, 1.165) is 12.8 Å². The summed E-state index contributed by atoms with van der Waals surface area (Å²) in [6, 6.07) is 0.0829. The Balaban J connectivity index is 0.00000261. The molecule has 27 heavy (non-hydrogen) atoms. The lowest BCUT2D eigenvalue weighted by Crippen LogP contribution is -2.47. The number of aromatic nitrogens is 2. The fourth-order valence-corrected chi connectivity index (χ4v) is 3.44. The van der Waals surface area contributed by atoms with Gasteiger partial charge in [-0.1, -0.05) is 0 Å². The van der Waals surface area contributed by atoms with Crippen molar-refractivity contribution in [3.8, 4) is 0 Å². The molecule has 3 rings (SSSR count). The smallest absolute Gasteiger partial charge is 0.266 e. The Morgan fingerprint density at radius 1 is 1.22 bits per heavy atom. The van der Waals surface area contributed by atoms with Crippen molar-refractivity contribution in [3.63, 3.8) is 0 Å². The highest BCUT2D eigenvalue weighted by molar-refractivity contribution is 5.85. The quantitative estimate of drug-likeness (QED) is 0.776. The van der Waals surface area contributed by atoms with E-state index in [9.17, 15) is 13.6 Å². The number of carbonyl (C=O) groups is 1. The van der Waals surface area contributed by atoms with E-state index < -0.39 is 6.43 Å². The zero-order valence-corrected chi connectivity index (χ0v) is 16.1. The molecule has 0 aromatic carbocycles. The Morgan fingerprint density at radius 3 is 2.41 bits per heavy atom. The zero-order chi connectivity index (χ0) is 18.7. The van der Waals surface area contributed by atoms with Crippen LogP contribution in [-0.2, 0) is 9.53 Å². The highest BCUT2D eigenvalue weighted by Gasteiger charge is 2.38. The second kappa shape index (κ2) is 9.57. The van der Waals surface area contributed by atoms with Gasteiger partial charge in [-0.15, -0.1) is 12.4 Å². The third-order valence-electron chi connectivity index (χ3n) is 4.85. The van der Waals surface area contributed by atoms with E-state index in [1.807, 2.05) is 16.7 Å². The lowest BCUT2D eigenvalue weighted by Gasteiger charge is -2.36. The SMILES string of the molecule is CC(N)COC1CCN(C2CCN(c3ncc(C(F)F)cn3)CC2)C1=O.Cl. The number of halogens is 3. The molecule has 2 saturated heterocycles. The van der Waals surface area contributed by atoms with Crippen LogP contribution in [-0.4, -0.2) is 65.2 Å². The summed E-state index contributed by atoms with van der Waals surface area (Å²) < 4.78 is 30.8. The number of carbonyl (C=O) groups excluding carboxylic acids is 1. The maximum atomic E-state index is 12.6. The highest BCUT2D eigenvalue weighted by atomic mass is 35.5. The van der Waals surface area contributed by atoms with Gasteiger partial charge in [0.15, 0.2) is 0 Å². The molecule has 0 aliphatic carbocycles. The summed E-state index contributed by atoms with van der Waals surface area (Å²) in [5.41, 5.74) is 5.50. The summed E-state index contributed by atoms with van der Waals surface area (Å²) in [5, 5.41) is 0. The van der Waals surface area contributed by atoms with E-state index in [4.69, 9.17) is 10.5 Å². The Morgan fingerprint density at radius 2 is 1.85 bits per heavy atom. The summed E-state index contributed by atoms with van der Waals surface area (Å²) in [4.78, 5) is 24.5. The van der Waals surface area contributed by atoms with Gasteiger partial charge in [0.2, 0.25) is 5.95 Å². The molecule has 2 N–H and O–H groups in total. The number of rotatable bonds is 6. The average Bonchev–Trinajstić information content (AvgIpc) is 3.01. The summed E-state index contributed by atoms with van der Waals surface area (Å²) in [6.45, 7) is 4.31. The van der Waals surface area contributed by atoms with Gasteiger partial charge in [-0.05, 0) is 19.8 Å². The third-order valence-corrected chi connectivity index (χ3v) is 4.85. The van der Waals surface area contributed by atoms with Gasteiger partial charge in [-0.2, -0.15) is 0 Å². The number of nitrogens with zero attached hydrogens (tertiary/aromatic N) is 4. The Bertz CT molecular complexity index is 612. The van der Waals surface area contributed by atoms with Gasteiger partial charge in [0, 0.05) is 50.5 Å². The minimum Gasteiger partial charge on any atom is -0.367 e. The largest absolute Gasteiger partial charge is 0.367 e. The first kappa shape index (κ1) is 21.7. The van der Waals surface area contributed by atoms with E-state index in [-0.39, 0.29) is 42.1 Å². The molecule has 2 aliphatic rings. The van der Waals surface area contributed by atoms with Crippen LogP contribution < -0.4 is 10.6 Å². The number of likely N-dealkylation sites (tertiary alicyclic amines) is 1. The molecule has 7 nitrogen and oxygen atoms in total. The highest BCUT2D eigenvalue weighted by Crippen LogP contribution is 2.26. The lowest BCUT2D eigenvalue weighted by molar-refractivity contribution is -0.139. The van der Waals surface area contributed by atoms with E-state index >= 15 is 0 Å². The van der Waals surface area contributed by atoms with E-state index in [1.54, 1.807) is 0 Å². The molecule has 1 aromatic rings. The van der Waals surface area contributed by atoms with Crippen molar-refractivity contribution < 1.29 is 18.3 Å². The van der Waals surface area contributed by atoms with Crippen molar-refractivity contribution in [2.45, 2.75) is 50.8 Å². The van der Waals surface area contributed by atoms with Crippen LogP contribution in [0.2, 0.25) is 0 Å². The van der Waals surface area contributed by atoms with Crippen molar-refractivity contribution in [3.05, 3.63) is 18.0 Å². The van der Waals surface area contributed by atoms with Crippen LogP contribution in [0.15, 0.2) is 12.4 Å². The Labute approximate surface area is 163 Å². The Hall–Kier alpha value is -1.58. The summed E-state index contributed by atoms with van der Waals surface area (Å²) >= 11 is 0. The van der Waals surface area contributed by atoms with Crippen molar-refractivity contribution in [2.24, 2.45) is 5.73 Å². The zero-order valence-electron chi connectivity index (χ0n) is 15.3. The van der Waals surface area contributed by atoms with Crippen molar-refractivity contribution in [1.82, 2.24) is 14.9 Å². The second-order valence-electron chi connectivity index (χ2n) is 6.95. The molecule has 0 radical (unpaired) electrons. The molecule has 152 valence electrons. The minimum atomic E-state index is -2.56. The molecule has 2 unspecified atom stereocenters. The van der Waals surface area contributed by atoms with Crippen LogP contribution >= 0.6 is 12.4 Å². The summed E-state index contributed by atoms with van der Waals surface area (Å²) in [6.07, 6.45) is 1.69. The van der Waals surface area contributed by atoms with Crippen LogP contribution in [0, 0.1) is 0 Å². The van der Waals surface area contributed by atoms with Crippen molar-refractivity contribution >= 4 is 24.3 Å². The maximum absolute atomic E-state index is 12.6. The predicted molar refractivity (Wildman–Crippen MR) is 99.2 cm³/mol. The molecular weight excluding hydrogens is 380 g/mol. The number of ether oxygens (including phenoxy) is 1. The normalized spacial score (nSPS) is 22.3. The molecule has 0 spiro atoms. The molecule has 3 heterocycles. The number of nitrogens with two attached hydrogens (primary N) is 1. The minimum absolute atomic E-state index is 0.